The number of hydrogen-bond acceptors (Lipinski definition) is 6. The normalized spacial score (nSPS) is 13.7. The van der Waals surface area contributed by atoms with Gasteiger partial charge in [0.25, 0.3) is 5.69 Å². The number of nitro benzene ring substituents is 1. The minimum atomic E-state index is -0.978. The lowest BCUT2D eigenvalue weighted by atomic mass is 10.0. The first-order valence-corrected chi connectivity index (χ1v) is 7.25. The van der Waals surface area contributed by atoms with Gasteiger partial charge in [0.05, 0.1) is 23.7 Å². The fourth-order valence-corrected chi connectivity index (χ4v) is 2.40. The Morgan fingerprint density at radius 2 is 1.96 bits per heavy atom. The second kappa shape index (κ2) is 7.36. The van der Waals surface area contributed by atoms with Crippen LogP contribution in [-0.2, 0) is 6.54 Å². The van der Waals surface area contributed by atoms with Crippen LogP contribution in [0.5, 0.6) is 0 Å². The van der Waals surface area contributed by atoms with E-state index in [1.54, 1.807) is 0 Å². The lowest BCUT2D eigenvalue weighted by Crippen LogP contribution is -2.37. The largest absolute Gasteiger partial charge is 0.466 e. The van der Waals surface area contributed by atoms with Crippen molar-refractivity contribution in [3.63, 3.8) is 0 Å². The number of nitrogens with one attached hydrogen (secondary N) is 1. The minimum absolute atomic E-state index is 0.0426. The Labute approximate surface area is 133 Å². The van der Waals surface area contributed by atoms with Gasteiger partial charge in [-0.15, -0.1) is 0 Å². The zero-order valence-corrected chi connectivity index (χ0v) is 13.0. The number of aryl methyl sites for hydroxylation is 2. The van der Waals surface area contributed by atoms with Gasteiger partial charge in [-0.05, 0) is 37.6 Å². The van der Waals surface area contributed by atoms with E-state index in [9.17, 15) is 20.3 Å². The van der Waals surface area contributed by atoms with E-state index in [0.29, 0.717) is 12.1 Å². The Morgan fingerprint density at radius 1 is 1.30 bits per heavy atom. The summed E-state index contributed by atoms with van der Waals surface area (Å²) >= 11 is 0. The molecule has 0 aliphatic carbocycles. The quantitative estimate of drug-likeness (QED) is 0.532. The van der Waals surface area contributed by atoms with Crippen LogP contribution in [0.3, 0.4) is 0 Å². The van der Waals surface area contributed by atoms with Gasteiger partial charge in [-0.25, -0.2) is 0 Å². The molecule has 124 valence electrons. The molecule has 0 fully saturated rings. The number of aliphatic hydroxyl groups is 2. The standard InChI is InChI=1S/C16H20N2O5/c1-10-7-13(11(2)23-10)8-17-15(9-19)16(20)12-3-5-14(6-4-12)18(21)22/h3-7,15-17,19-20H,8-9H2,1-2H3. The molecule has 2 aromatic rings. The topological polar surface area (TPSA) is 109 Å². The highest BCUT2D eigenvalue weighted by Gasteiger charge is 2.21. The first kappa shape index (κ1) is 17.1. The average Bonchev–Trinajstić information content (AvgIpc) is 2.85. The van der Waals surface area contributed by atoms with Gasteiger partial charge in [-0.2, -0.15) is 0 Å². The summed E-state index contributed by atoms with van der Waals surface area (Å²) in [5.41, 5.74) is 1.41. The van der Waals surface area contributed by atoms with E-state index in [1.807, 2.05) is 19.9 Å². The molecule has 2 unspecified atom stereocenters. The van der Waals surface area contributed by atoms with Crippen molar-refractivity contribution in [2.24, 2.45) is 0 Å². The molecule has 0 saturated heterocycles. The molecule has 1 aromatic carbocycles. The Balaban J connectivity index is 2.04. The van der Waals surface area contributed by atoms with Crippen LogP contribution in [0.1, 0.15) is 28.8 Å². The predicted octanol–water partition coefficient (Wildman–Crippen LogP) is 1.99. The van der Waals surface area contributed by atoms with Crippen molar-refractivity contribution in [1.29, 1.82) is 0 Å². The van der Waals surface area contributed by atoms with Gasteiger partial charge in [0.1, 0.15) is 11.5 Å². The predicted molar refractivity (Wildman–Crippen MR) is 84.0 cm³/mol. The van der Waals surface area contributed by atoms with E-state index in [-0.39, 0.29) is 12.3 Å². The number of furan rings is 1. The zero-order valence-electron chi connectivity index (χ0n) is 13.0. The van der Waals surface area contributed by atoms with Crippen molar-refractivity contribution in [2.75, 3.05) is 6.61 Å². The smallest absolute Gasteiger partial charge is 0.269 e. The van der Waals surface area contributed by atoms with E-state index in [4.69, 9.17) is 4.42 Å². The molecule has 0 bridgehead atoms. The summed E-state index contributed by atoms with van der Waals surface area (Å²) in [5, 5.41) is 33.6. The van der Waals surface area contributed by atoms with E-state index in [0.717, 1.165) is 17.1 Å². The summed E-state index contributed by atoms with van der Waals surface area (Å²) in [6, 6.07) is 6.94. The fraction of sp³-hybridized carbons (Fsp3) is 0.375. The van der Waals surface area contributed by atoms with Crippen LogP contribution in [0.25, 0.3) is 0 Å². The second-order valence-corrected chi connectivity index (χ2v) is 5.40. The number of non-ortho nitro benzene ring substituents is 1. The molecule has 1 heterocycles. The molecule has 1 aromatic heterocycles. The molecule has 23 heavy (non-hydrogen) atoms. The number of nitrogens with zero attached hydrogens (tertiary/aromatic N) is 1. The van der Waals surface area contributed by atoms with Gasteiger partial charge in [0.2, 0.25) is 0 Å². The fourth-order valence-electron chi connectivity index (χ4n) is 2.40. The Hall–Kier alpha value is -2.22. The van der Waals surface area contributed by atoms with E-state index in [2.05, 4.69) is 5.32 Å². The molecule has 0 spiro atoms. The highest BCUT2D eigenvalue weighted by atomic mass is 16.6. The highest BCUT2D eigenvalue weighted by Crippen LogP contribution is 2.21. The summed E-state index contributed by atoms with van der Waals surface area (Å²) < 4.78 is 5.43. The zero-order chi connectivity index (χ0) is 17.0. The number of rotatable bonds is 7. The highest BCUT2D eigenvalue weighted by molar-refractivity contribution is 5.34. The summed E-state index contributed by atoms with van der Waals surface area (Å²) in [7, 11) is 0. The van der Waals surface area contributed by atoms with E-state index in [1.165, 1.54) is 24.3 Å². The van der Waals surface area contributed by atoms with Crippen molar-refractivity contribution >= 4 is 5.69 Å². The summed E-state index contributed by atoms with van der Waals surface area (Å²) in [6.45, 7) is 3.88. The molecule has 7 heteroatoms. The van der Waals surface area contributed by atoms with Crippen LogP contribution in [-0.4, -0.2) is 27.8 Å². The molecule has 0 aliphatic heterocycles. The monoisotopic (exact) mass is 320 g/mol. The number of nitro groups is 1. The number of hydrogen-bond donors (Lipinski definition) is 3. The third-order valence-corrected chi connectivity index (χ3v) is 3.72. The maximum atomic E-state index is 10.6. The van der Waals surface area contributed by atoms with E-state index >= 15 is 0 Å². The maximum Gasteiger partial charge on any atom is 0.269 e. The SMILES string of the molecule is Cc1cc(CNC(CO)C(O)c2ccc([N+](=O)[O-])cc2)c(C)o1. The van der Waals surface area contributed by atoms with Crippen LogP contribution in [0.4, 0.5) is 5.69 Å². The summed E-state index contributed by atoms with van der Waals surface area (Å²) in [4.78, 5) is 10.1. The van der Waals surface area contributed by atoms with Gasteiger partial charge < -0.3 is 19.9 Å². The molecule has 3 N–H and O–H groups in total. The number of aliphatic hydroxyl groups excluding tert-OH is 2. The van der Waals surface area contributed by atoms with E-state index < -0.39 is 17.1 Å². The van der Waals surface area contributed by atoms with Crippen molar-refractivity contribution < 1.29 is 19.6 Å². The molecular formula is C16H20N2O5. The molecule has 7 nitrogen and oxygen atoms in total. The molecule has 0 aliphatic rings. The molecule has 0 saturated carbocycles. The molecule has 2 atom stereocenters. The average molecular weight is 320 g/mol. The van der Waals surface area contributed by atoms with Crippen molar-refractivity contribution in [1.82, 2.24) is 5.32 Å². The first-order chi connectivity index (χ1) is 10.9. The Morgan fingerprint density at radius 3 is 2.43 bits per heavy atom. The van der Waals surface area contributed by atoms with Gasteiger partial charge in [-0.1, -0.05) is 0 Å². The van der Waals surface area contributed by atoms with Crippen molar-refractivity contribution in [2.45, 2.75) is 32.5 Å². The van der Waals surface area contributed by atoms with Crippen LogP contribution in [0.2, 0.25) is 0 Å². The van der Waals surface area contributed by atoms with Crippen LogP contribution in [0, 0.1) is 24.0 Å². The molecule has 0 radical (unpaired) electrons. The third-order valence-electron chi connectivity index (χ3n) is 3.72. The summed E-state index contributed by atoms with van der Waals surface area (Å²) in [6.07, 6.45) is -0.978. The van der Waals surface area contributed by atoms with Crippen molar-refractivity contribution in [3.8, 4) is 0 Å². The van der Waals surface area contributed by atoms with Gasteiger partial charge in [0.15, 0.2) is 0 Å². The van der Waals surface area contributed by atoms with Gasteiger partial charge in [0, 0.05) is 24.2 Å². The number of benzene rings is 1. The lowest BCUT2D eigenvalue weighted by Gasteiger charge is -2.22. The van der Waals surface area contributed by atoms with Crippen LogP contribution in [0.15, 0.2) is 34.7 Å². The van der Waals surface area contributed by atoms with Gasteiger partial charge >= 0.3 is 0 Å². The lowest BCUT2D eigenvalue weighted by molar-refractivity contribution is -0.384. The minimum Gasteiger partial charge on any atom is -0.466 e. The Bertz CT molecular complexity index is 666. The van der Waals surface area contributed by atoms with Gasteiger partial charge in [-0.3, -0.25) is 10.1 Å². The second-order valence-electron chi connectivity index (χ2n) is 5.40. The molecule has 2 rings (SSSR count). The molecule has 0 amide bonds. The molecular weight excluding hydrogens is 300 g/mol. The Kier molecular flexibility index (Phi) is 5.49. The maximum absolute atomic E-state index is 10.6. The van der Waals surface area contributed by atoms with Crippen LogP contribution < -0.4 is 5.32 Å². The first-order valence-electron chi connectivity index (χ1n) is 7.25. The third kappa shape index (κ3) is 4.16. The summed E-state index contributed by atoms with van der Waals surface area (Å²) in [5.74, 6) is 1.59. The van der Waals surface area contributed by atoms with Crippen LogP contribution >= 0.6 is 0 Å². The van der Waals surface area contributed by atoms with Crippen molar-refractivity contribution in [3.05, 3.63) is 63.1 Å².